The van der Waals surface area contributed by atoms with E-state index in [4.69, 9.17) is 0 Å². The van der Waals surface area contributed by atoms with Crippen LogP contribution in [0, 0.1) is 10.1 Å². The molecule has 0 bridgehead atoms. The smallest absolute Gasteiger partial charge is 0.270 e. The van der Waals surface area contributed by atoms with Crippen LogP contribution in [0.25, 0.3) is 0 Å². The van der Waals surface area contributed by atoms with Crippen molar-refractivity contribution < 1.29 is 9.72 Å². The number of benzene rings is 1. The third kappa shape index (κ3) is 3.12. The van der Waals surface area contributed by atoms with Gasteiger partial charge < -0.3 is 4.90 Å². The zero-order valence-electron chi connectivity index (χ0n) is 10.5. The van der Waals surface area contributed by atoms with E-state index in [2.05, 4.69) is 15.9 Å². The second-order valence-corrected chi connectivity index (χ2v) is 5.33. The van der Waals surface area contributed by atoms with Gasteiger partial charge in [-0.3, -0.25) is 14.9 Å². The monoisotopic (exact) mass is 326 g/mol. The van der Waals surface area contributed by atoms with Gasteiger partial charge in [-0.15, -0.1) is 0 Å². The van der Waals surface area contributed by atoms with Gasteiger partial charge in [-0.1, -0.05) is 22.0 Å². The van der Waals surface area contributed by atoms with Gasteiger partial charge >= 0.3 is 0 Å². The van der Waals surface area contributed by atoms with E-state index in [0.29, 0.717) is 18.7 Å². The van der Waals surface area contributed by atoms with Crippen molar-refractivity contribution >= 4 is 27.5 Å². The lowest BCUT2D eigenvalue weighted by Crippen LogP contribution is -2.38. The first-order valence-corrected chi connectivity index (χ1v) is 7.38. The Kier molecular flexibility index (Phi) is 4.52. The molecule has 0 spiro atoms. The number of rotatable bonds is 5. The van der Waals surface area contributed by atoms with Gasteiger partial charge in [0.15, 0.2) is 0 Å². The molecule has 0 radical (unpaired) electrons. The number of halogens is 1. The summed E-state index contributed by atoms with van der Waals surface area (Å²) in [6.07, 6.45) is 2.74. The van der Waals surface area contributed by atoms with Crippen LogP contribution in [0.2, 0.25) is 0 Å². The predicted molar refractivity (Wildman–Crippen MR) is 75.7 cm³/mol. The molecule has 0 N–H and O–H groups in total. The molecule has 1 aliphatic heterocycles. The Morgan fingerprint density at radius 2 is 2.16 bits per heavy atom. The minimum absolute atomic E-state index is 0.0191. The van der Waals surface area contributed by atoms with Gasteiger partial charge in [-0.05, 0) is 24.8 Å². The number of nitro groups is 1. The van der Waals surface area contributed by atoms with E-state index in [-0.39, 0.29) is 11.6 Å². The first kappa shape index (κ1) is 14.0. The highest BCUT2D eigenvalue weighted by Crippen LogP contribution is 2.24. The quantitative estimate of drug-likeness (QED) is 0.361. The molecule has 5 nitrogen and oxygen atoms in total. The number of hydrogen-bond acceptors (Lipinski definition) is 3. The second-order valence-electron chi connectivity index (χ2n) is 4.54. The van der Waals surface area contributed by atoms with E-state index in [1.807, 2.05) is 0 Å². The normalized spacial score (nSPS) is 14.4. The molecule has 1 aromatic carbocycles. The van der Waals surface area contributed by atoms with Gasteiger partial charge in [0, 0.05) is 36.1 Å². The maximum atomic E-state index is 12.3. The minimum Gasteiger partial charge on any atom is -0.338 e. The van der Waals surface area contributed by atoms with Crippen molar-refractivity contribution in [1.82, 2.24) is 4.90 Å². The Labute approximate surface area is 119 Å². The number of amides is 1. The van der Waals surface area contributed by atoms with Gasteiger partial charge in [0.2, 0.25) is 0 Å². The van der Waals surface area contributed by atoms with Crippen molar-refractivity contribution in [1.29, 1.82) is 0 Å². The number of nitrogens with zero attached hydrogens (tertiary/aromatic N) is 2. The highest BCUT2D eigenvalue weighted by Gasteiger charge is 2.25. The molecular formula is C13H15BrN2O3. The third-order valence-electron chi connectivity index (χ3n) is 3.28. The SMILES string of the molecule is O=C1c2cc([N+](=O)[O-])ccc2CCN1CCCCBr. The highest BCUT2D eigenvalue weighted by molar-refractivity contribution is 9.09. The molecule has 0 saturated heterocycles. The zero-order chi connectivity index (χ0) is 13.8. The van der Waals surface area contributed by atoms with Crippen LogP contribution < -0.4 is 0 Å². The second kappa shape index (κ2) is 6.14. The van der Waals surface area contributed by atoms with Gasteiger partial charge in [-0.2, -0.15) is 0 Å². The van der Waals surface area contributed by atoms with Crippen LogP contribution in [0.4, 0.5) is 5.69 Å². The number of carbonyl (C=O) groups excluding carboxylic acids is 1. The molecule has 1 heterocycles. The van der Waals surface area contributed by atoms with Crippen molar-refractivity contribution in [3.63, 3.8) is 0 Å². The van der Waals surface area contributed by atoms with Crippen LogP contribution in [-0.4, -0.2) is 34.2 Å². The average molecular weight is 327 g/mol. The standard InChI is InChI=1S/C13H15BrN2O3/c14-6-1-2-7-15-8-5-10-3-4-11(16(18)19)9-12(10)13(15)17/h3-4,9H,1-2,5-8H2. The molecule has 0 saturated carbocycles. The minimum atomic E-state index is -0.461. The summed E-state index contributed by atoms with van der Waals surface area (Å²) in [5, 5.41) is 11.7. The van der Waals surface area contributed by atoms with Gasteiger partial charge in [0.25, 0.3) is 11.6 Å². The lowest BCUT2D eigenvalue weighted by molar-refractivity contribution is -0.384. The first-order valence-electron chi connectivity index (χ1n) is 6.26. The average Bonchev–Trinajstić information content (AvgIpc) is 2.41. The number of fused-ring (bicyclic) bond motifs is 1. The topological polar surface area (TPSA) is 63.4 Å². The molecule has 102 valence electrons. The van der Waals surface area contributed by atoms with Crippen LogP contribution in [0.3, 0.4) is 0 Å². The zero-order valence-corrected chi connectivity index (χ0v) is 12.1. The number of non-ortho nitro benzene ring substituents is 1. The molecule has 0 aliphatic carbocycles. The van der Waals surface area contributed by atoms with E-state index in [9.17, 15) is 14.9 Å². The fourth-order valence-electron chi connectivity index (χ4n) is 2.23. The fraction of sp³-hybridized carbons (Fsp3) is 0.462. The molecule has 1 amide bonds. The largest absolute Gasteiger partial charge is 0.338 e. The summed E-state index contributed by atoms with van der Waals surface area (Å²) < 4.78 is 0. The molecule has 1 aromatic rings. The summed E-state index contributed by atoms with van der Waals surface area (Å²) in [7, 11) is 0. The lowest BCUT2D eigenvalue weighted by atomic mass is 9.98. The Hall–Kier alpha value is -1.43. The van der Waals surface area contributed by atoms with E-state index < -0.39 is 4.92 Å². The maximum Gasteiger partial charge on any atom is 0.270 e. The van der Waals surface area contributed by atoms with Crippen molar-refractivity contribution in [3.8, 4) is 0 Å². The Morgan fingerprint density at radius 1 is 1.37 bits per heavy atom. The van der Waals surface area contributed by atoms with Crippen LogP contribution in [0.1, 0.15) is 28.8 Å². The van der Waals surface area contributed by atoms with Gasteiger partial charge in [0.1, 0.15) is 0 Å². The van der Waals surface area contributed by atoms with E-state index in [0.717, 1.165) is 30.2 Å². The van der Waals surface area contributed by atoms with Gasteiger partial charge in [-0.25, -0.2) is 0 Å². The fourth-order valence-corrected chi connectivity index (χ4v) is 2.63. The molecule has 0 atom stereocenters. The molecule has 1 aliphatic rings. The summed E-state index contributed by atoms with van der Waals surface area (Å²) in [5.74, 6) is -0.0838. The maximum absolute atomic E-state index is 12.3. The molecule has 2 rings (SSSR count). The lowest BCUT2D eigenvalue weighted by Gasteiger charge is -2.28. The molecule has 0 fully saturated rings. The number of unbranched alkanes of at least 4 members (excludes halogenated alkanes) is 1. The van der Waals surface area contributed by atoms with Gasteiger partial charge in [0.05, 0.1) is 4.92 Å². The molecular weight excluding hydrogens is 312 g/mol. The number of nitro benzene ring substituents is 1. The van der Waals surface area contributed by atoms with E-state index >= 15 is 0 Å². The summed E-state index contributed by atoms with van der Waals surface area (Å²) in [5.41, 5.74) is 1.38. The first-order chi connectivity index (χ1) is 9.13. The Morgan fingerprint density at radius 3 is 2.84 bits per heavy atom. The molecule has 0 aromatic heterocycles. The number of alkyl halides is 1. The van der Waals surface area contributed by atoms with Crippen LogP contribution in [-0.2, 0) is 6.42 Å². The summed E-state index contributed by atoms with van der Waals surface area (Å²) in [4.78, 5) is 24.4. The molecule has 19 heavy (non-hydrogen) atoms. The van der Waals surface area contributed by atoms with Crippen LogP contribution >= 0.6 is 15.9 Å². The number of carbonyl (C=O) groups is 1. The van der Waals surface area contributed by atoms with Crippen molar-refractivity contribution in [2.24, 2.45) is 0 Å². The molecule has 0 unspecified atom stereocenters. The summed E-state index contributed by atoms with van der Waals surface area (Å²) in [6, 6.07) is 4.56. The Balaban J connectivity index is 2.16. The third-order valence-corrected chi connectivity index (χ3v) is 3.85. The van der Waals surface area contributed by atoms with Crippen LogP contribution in [0.15, 0.2) is 18.2 Å². The predicted octanol–water partition coefficient (Wildman–Crippen LogP) is 2.77. The molecule has 6 heteroatoms. The van der Waals surface area contributed by atoms with E-state index in [1.54, 1.807) is 11.0 Å². The van der Waals surface area contributed by atoms with E-state index in [1.165, 1.54) is 12.1 Å². The highest BCUT2D eigenvalue weighted by atomic mass is 79.9. The summed E-state index contributed by atoms with van der Waals surface area (Å²) >= 11 is 3.36. The van der Waals surface area contributed by atoms with Crippen molar-refractivity contribution in [2.75, 3.05) is 18.4 Å². The van der Waals surface area contributed by atoms with Crippen molar-refractivity contribution in [3.05, 3.63) is 39.4 Å². The number of hydrogen-bond donors (Lipinski definition) is 0. The summed E-state index contributed by atoms with van der Waals surface area (Å²) in [6.45, 7) is 1.42. The van der Waals surface area contributed by atoms with Crippen molar-refractivity contribution in [2.45, 2.75) is 19.3 Å². The van der Waals surface area contributed by atoms with Crippen LogP contribution in [0.5, 0.6) is 0 Å². The Bertz CT molecular complexity index is 505.